The molecule has 2 nitrogen and oxygen atoms in total. The van der Waals surface area contributed by atoms with Crippen LogP contribution in [0.15, 0.2) is 18.2 Å². The Hall–Kier alpha value is -1.02. The third kappa shape index (κ3) is 1.42. The van der Waals surface area contributed by atoms with Gasteiger partial charge in [-0.15, -0.1) is 0 Å². The van der Waals surface area contributed by atoms with Crippen molar-refractivity contribution in [2.45, 2.75) is 19.9 Å². The van der Waals surface area contributed by atoms with E-state index in [1.54, 1.807) is 0 Å². The molecule has 0 bridgehead atoms. The molecule has 0 radical (unpaired) electrons. The van der Waals surface area contributed by atoms with Crippen molar-refractivity contribution in [3.05, 3.63) is 29.3 Å². The number of nitrogens with two attached hydrogens (primary N) is 1. The molecule has 13 heavy (non-hydrogen) atoms. The third-order valence-electron chi connectivity index (χ3n) is 2.71. The van der Waals surface area contributed by atoms with Gasteiger partial charge in [0.05, 0.1) is 6.04 Å². The van der Waals surface area contributed by atoms with Gasteiger partial charge in [-0.05, 0) is 25.0 Å². The number of hydrogen-bond acceptors (Lipinski definition) is 2. The van der Waals surface area contributed by atoms with E-state index in [1.807, 2.05) is 0 Å². The van der Waals surface area contributed by atoms with E-state index in [1.165, 1.54) is 16.8 Å². The fourth-order valence-electron chi connectivity index (χ4n) is 1.91. The fraction of sp³-hybridized carbons (Fsp3) is 0.455. The van der Waals surface area contributed by atoms with Crippen LogP contribution in [0, 0.1) is 13.8 Å². The van der Waals surface area contributed by atoms with Crippen LogP contribution in [-0.4, -0.2) is 19.1 Å². The molecule has 1 aliphatic rings. The van der Waals surface area contributed by atoms with Gasteiger partial charge in [0.2, 0.25) is 0 Å². The number of nitrogens with zero attached hydrogens (tertiary/aromatic N) is 1. The molecule has 0 spiro atoms. The van der Waals surface area contributed by atoms with Crippen LogP contribution >= 0.6 is 0 Å². The van der Waals surface area contributed by atoms with Gasteiger partial charge >= 0.3 is 0 Å². The summed E-state index contributed by atoms with van der Waals surface area (Å²) in [6, 6.07) is 7.01. The first-order chi connectivity index (χ1) is 6.24. The summed E-state index contributed by atoms with van der Waals surface area (Å²) in [6.07, 6.45) is 0. The molecule has 1 atom stereocenters. The Balaban J connectivity index is 2.30. The molecular weight excluding hydrogens is 160 g/mol. The zero-order valence-electron chi connectivity index (χ0n) is 8.25. The van der Waals surface area contributed by atoms with Crippen LogP contribution in [-0.2, 0) is 0 Å². The number of benzene rings is 1. The highest BCUT2D eigenvalue weighted by Crippen LogP contribution is 2.32. The van der Waals surface area contributed by atoms with Crippen molar-refractivity contribution >= 4 is 5.69 Å². The van der Waals surface area contributed by atoms with E-state index in [2.05, 4.69) is 36.9 Å². The Labute approximate surface area is 79.4 Å². The van der Waals surface area contributed by atoms with Gasteiger partial charge < -0.3 is 10.6 Å². The molecule has 70 valence electrons. The molecule has 0 amide bonds. The van der Waals surface area contributed by atoms with Crippen molar-refractivity contribution in [2.24, 2.45) is 5.73 Å². The minimum absolute atomic E-state index is 0.583. The second-order valence-corrected chi connectivity index (χ2v) is 3.78. The lowest BCUT2D eigenvalue weighted by molar-refractivity contribution is 0.964. The highest BCUT2D eigenvalue weighted by atomic mass is 15.3. The van der Waals surface area contributed by atoms with E-state index < -0.39 is 0 Å². The van der Waals surface area contributed by atoms with Gasteiger partial charge in [-0.1, -0.05) is 18.2 Å². The highest BCUT2D eigenvalue weighted by molar-refractivity contribution is 5.63. The maximum atomic E-state index is 5.62. The monoisotopic (exact) mass is 176 g/mol. The maximum Gasteiger partial charge on any atom is 0.0588 e. The number of para-hydroxylation sites is 1. The van der Waals surface area contributed by atoms with Crippen molar-refractivity contribution in [1.82, 2.24) is 0 Å². The quantitative estimate of drug-likeness (QED) is 0.691. The molecular formula is C11H16N2. The summed E-state index contributed by atoms with van der Waals surface area (Å²) < 4.78 is 0. The van der Waals surface area contributed by atoms with E-state index in [0.717, 1.165) is 13.1 Å². The Morgan fingerprint density at radius 1 is 1.38 bits per heavy atom. The van der Waals surface area contributed by atoms with Crippen LogP contribution in [0.1, 0.15) is 11.1 Å². The van der Waals surface area contributed by atoms with Gasteiger partial charge in [0.25, 0.3) is 0 Å². The maximum absolute atomic E-state index is 5.62. The molecule has 1 fully saturated rings. The molecule has 2 N–H and O–H groups in total. The summed E-state index contributed by atoms with van der Waals surface area (Å²) in [7, 11) is 0. The van der Waals surface area contributed by atoms with Crippen LogP contribution in [0.5, 0.6) is 0 Å². The normalized spacial score (nSPS) is 20.5. The summed E-state index contributed by atoms with van der Waals surface area (Å²) in [5, 5.41) is 0. The first kappa shape index (κ1) is 8.57. The van der Waals surface area contributed by atoms with Crippen molar-refractivity contribution in [3.8, 4) is 0 Å². The van der Waals surface area contributed by atoms with Crippen LogP contribution in [0.2, 0.25) is 0 Å². The van der Waals surface area contributed by atoms with Gasteiger partial charge in [0, 0.05) is 18.8 Å². The molecule has 1 aromatic carbocycles. The van der Waals surface area contributed by atoms with Crippen molar-refractivity contribution in [2.75, 3.05) is 18.0 Å². The molecule has 2 rings (SSSR count). The Bertz CT molecular complexity index is 300. The van der Waals surface area contributed by atoms with E-state index in [0.29, 0.717) is 6.04 Å². The van der Waals surface area contributed by atoms with Crippen molar-refractivity contribution in [1.29, 1.82) is 0 Å². The Morgan fingerprint density at radius 2 is 2.00 bits per heavy atom. The standard InChI is InChI=1S/C11H16N2/c1-8-4-3-5-9(2)11(8)13-7-10(13)6-12/h3-5,10H,6-7,12H2,1-2H3. The predicted molar refractivity (Wildman–Crippen MR) is 56.1 cm³/mol. The molecule has 0 saturated carbocycles. The smallest absolute Gasteiger partial charge is 0.0588 e. The van der Waals surface area contributed by atoms with Crippen LogP contribution < -0.4 is 10.6 Å². The first-order valence-electron chi connectivity index (χ1n) is 4.77. The fourth-order valence-corrected chi connectivity index (χ4v) is 1.91. The van der Waals surface area contributed by atoms with Gasteiger partial charge in [-0.3, -0.25) is 0 Å². The summed E-state index contributed by atoms with van der Waals surface area (Å²) in [5.41, 5.74) is 9.72. The molecule has 1 heterocycles. The Kier molecular flexibility index (Phi) is 2.00. The van der Waals surface area contributed by atoms with Crippen LogP contribution in [0.3, 0.4) is 0 Å². The van der Waals surface area contributed by atoms with E-state index >= 15 is 0 Å². The summed E-state index contributed by atoms with van der Waals surface area (Å²) in [5.74, 6) is 0. The summed E-state index contributed by atoms with van der Waals surface area (Å²) in [4.78, 5) is 2.38. The average Bonchev–Trinajstić information content (AvgIpc) is 2.83. The molecule has 0 aliphatic carbocycles. The highest BCUT2D eigenvalue weighted by Gasteiger charge is 2.34. The summed E-state index contributed by atoms with van der Waals surface area (Å²) >= 11 is 0. The minimum Gasteiger partial charge on any atom is -0.363 e. The van der Waals surface area contributed by atoms with E-state index in [9.17, 15) is 0 Å². The van der Waals surface area contributed by atoms with Gasteiger partial charge in [0.15, 0.2) is 0 Å². The minimum atomic E-state index is 0.583. The molecule has 0 aromatic heterocycles. The number of anilines is 1. The van der Waals surface area contributed by atoms with Crippen LogP contribution in [0.4, 0.5) is 5.69 Å². The van der Waals surface area contributed by atoms with E-state index in [4.69, 9.17) is 5.73 Å². The average molecular weight is 176 g/mol. The van der Waals surface area contributed by atoms with Crippen LogP contribution in [0.25, 0.3) is 0 Å². The Morgan fingerprint density at radius 3 is 2.46 bits per heavy atom. The number of rotatable bonds is 2. The SMILES string of the molecule is Cc1cccc(C)c1N1CC1CN. The topological polar surface area (TPSA) is 29.0 Å². The third-order valence-corrected chi connectivity index (χ3v) is 2.71. The number of hydrogen-bond donors (Lipinski definition) is 1. The molecule has 1 unspecified atom stereocenters. The lowest BCUT2D eigenvalue weighted by Gasteiger charge is -2.11. The van der Waals surface area contributed by atoms with Gasteiger partial charge in [0.1, 0.15) is 0 Å². The second kappa shape index (κ2) is 3.04. The lowest BCUT2D eigenvalue weighted by atomic mass is 10.1. The zero-order valence-corrected chi connectivity index (χ0v) is 8.25. The summed E-state index contributed by atoms with van der Waals surface area (Å²) in [6.45, 7) is 6.22. The molecule has 2 heteroatoms. The predicted octanol–water partition coefficient (Wildman–Crippen LogP) is 1.45. The lowest BCUT2D eigenvalue weighted by Crippen LogP contribution is -2.12. The molecule has 1 saturated heterocycles. The first-order valence-corrected chi connectivity index (χ1v) is 4.77. The number of aryl methyl sites for hydroxylation is 2. The molecule has 1 aliphatic heterocycles. The van der Waals surface area contributed by atoms with Crippen molar-refractivity contribution in [3.63, 3.8) is 0 Å². The second-order valence-electron chi connectivity index (χ2n) is 3.78. The van der Waals surface area contributed by atoms with Gasteiger partial charge in [-0.2, -0.15) is 0 Å². The largest absolute Gasteiger partial charge is 0.363 e. The van der Waals surface area contributed by atoms with Crippen molar-refractivity contribution < 1.29 is 0 Å². The van der Waals surface area contributed by atoms with E-state index in [-0.39, 0.29) is 0 Å². The zero-order chi connectivity index (χ0) is 9.42. The molecule has 1 aromatic rings. The van der Waals surface area contributed by atoms with Gasteiger partial charge in [-0.25, -0.2) is 0 Å².